The molecule has 186 valence electrons. The van der Waals surface area contributed by atoms with E-state index in [-0.39, 0.29) is 30.3 Å². The molecule has 0 aliphatic carbocycles. The number of nitrogens with zero attached hydrogens (tertiary/aromatic N) is 2. The van der Waals surface area contributed by atoms with Crippen molar-refractivity contribution in [2.75, 3.05) is 29.9 Å². The average Bonchev–Trinajstić information content (AvgIpc) is 2.74. The summed E-state index contributed by atoms with van der Waals surface area (Å²) in [6, 6.07) is 4.08. The van der Waals surface area contributed by atoms with E-state index in [4.69, 9.17) is 4.74 Å². The standard InChI is InChI=1S/C24H40N4O4S/c1-15(2)33(30,31)26-21-10-12-27(13-11-21)24(29)25-22-8-9-23(18(5)17(22)4)28-14-16(3)32-20(7)19(28)6/h8-9,15-16,19-21,26H,10-14H2,1-7H3,(H,25,29). The van der Waals surface area contributed by atoms with Gasteiger partial charge in [0.05, 0.1) is 23.5 Å². The number of amides is 2. The number of benzene rings is 1. The summed E-state index contributed by atoms with van der Waals surface area (Å²) >= 11 is 0. The van der Waals surface area contributed by atoms with Gasteiger partial charge in [-0.25, -0.2) is 17.9 Å². The van der Waals surface area contributed by atoms with E-state index in [9.17, 15) is 13.2 Å². The van der Waals surface area contributed by atoms with Crippen LogP contribution in [-0.2, 0) is 14.8 Å². The summed E-state index contributed by atoms with van der Waals surface area (Å²) in [6.07, 6.45) is 1.55. The minimum atomic E-state index is -3.30. The summed E-state index contributed by atoms with van der Waals surface area (Å²) in [4.78, 5) is 17.1. The van der Waals surface area contributed by atoms with Crippen LogP contribution >= 0.6 is 0 Å². The summed E-state index contributed by atoms with van der Waals surface area (Å²) < 4.78 is 33.0. The number of nitrogens with one attached hydrogen (secondary N) is 2. The van der Waals surface area contributed by atoms with Gasteiger partial charge in [-0.1, -0.05) is 0 Å². The second-order valence-electron chi connectivity index (χ2n) is 9.83. The molecule has 3 atom stereocenters. The van der Waals surface area contributed by atoms with E-state index in [0.717, 1.165) is 23.4 Å². The van der Waals surface area contributed by atoms with Crippen LogP contribution in [0.3, 0.4) is 0 Å². The Balaban J connectivity index is 1.64. The highest BCUT2D eigenvalue weighted by atomic mass is 32.2. The van der Waals surface area contributed by atoms with Crippen LogP contribution in [0, 0.1) is 13.8 Å². The van der Waals surface area contributed by atoms with Gasteiger partial charge in [-0.2, -0.15) is 0 Å². The summed E-state index contributed by atoms with van der Waals surface area (Å²) in [6.45, 7) is 15.8. The van der Waals surface area contributed by atoms with Crippen molar-refractivity contribution in [3.63, 3.8) is 0 Å². The highest BCUT2D eigenvalue weighted by molar-refractivity contribution is 7.90. The van der Waals surface area contributed by atoms with Gasteiger partial charge in [0.25, 0.3) is 0 Å². The van der Waals surface area contributed by atoms with Gasteiger partial charge in [-0.05, 0) is 84.6 Å². The number of ether oxygens (including phenoxy) is 1. The number of morpholine rings is 1. The third kappa shape index (κ3) is 5.81. The Morgan fingerprint density at radius 3 is 2.33 bits per heavy atom. The third-order valence-corrected chi connectivity index (χ3v) is 9.02. The molecule has 2 fully saturated rings. The van der Waals surface area contributed by atoms with E-state index in [1.165, 1.54) is 5.69 Å². The molecule has 2 aliphatic rings. The second-order valence-corrected chi connectivity index (χ2v) is 12.1. The van der Waals surface area contributed by atoms with E-state index >= 15 is 0 Å². The second kappa shape index (κ2) is 10.2. The first-order chi connectivity index (χ1) is 15.4. The lowest BCUT2D eigenvalue weighted by molar-refractivity contribution is -0.0258. The number of anilines is 2. The first-order valence-corrected chi connectivity index (χ1v) is 13.5. The maximum Gasteiger partial charge on any atom is 0.321 e. The van der Waals surface area contributed by atoms with Crippen LogP contribution in [0.15, 0.2) is 12.1 Å². The average molecular weight is 481 g/mol. The minimum absolute atomic E-state index is 0.120. The lowest BCUT2D eigenvalue weighted by Gasteiger charge is -2.43. The zero-order valence-corrected chi connectivity index (χ0v) is 21.8. The van der Waals surface area contributed by atoms with Crippen molar-refractivity contribution in [3.8, 4) is 0 Å². The van der Waals surface area contributed by atoms with Crippen molar-refractivity contribution in [2.45, 2.75) is 90.8 Å². The Labute approximate surface area is 199 Å². The van der Waals surface area contributed by atoms with Crippen LogP contribution in [0.1, 0.15) is 58.6 Å². The quantitative estimate of drug-likeness (QED) is 0.672. The van der Waals surface area contributed by atoms with E-state index in [2.05, 4.69) is 48.7 Å². The van der Waals surface area contributed by atoms with E-state index in [1.54, 1.807) is 18.7 Å². The largest absolute Gasteiger partial charge is 0.372 e. The number of carbonyl (C=O) groups is 1. The number of likely N-dealkylation sites (tertiary alicyclic amines) is 1. The Morgan fingerprint density at radius 2 is 1.73 bits per heavy atom. The number of sulfonamides is 1. The molecule has 3 rings (SSSR count). The van der Waals surface area contributed by atoms with E-state index in [0.29, 0.717) is 25.9 Å². The van der Waals surface area contributed by atoms with Crippen LogP contribution in [0.5, 0.6) is 0 Å². The zero-order chi connectivity index (χ0) is 24.5. The molecule has 0 bridgehead atoms. The molecule has 0 radical (unpaired) electrons. The van der Waals surface area contributed by atoms with Gasteiger partial charge in [0, 0.05) is 37.1 Å². The molecule has 2 saturated heterocycles. The Hall–Kier alpha value is -1.84. The lowest BCUT2D eigenvalue weighted by atomic mass is 10.0. The monoisotopic (exact) mass is 480 g/mol. The molecule has 9 heteroatoms. The number of urea groups is 1. The van der Waals surface area contributed by atoms with Gasteiger partial charge in [-0.15, -0.1) is 0 Å². The van der Waals surface area contributed by atoms with Crippen molar-refractivity contribution in [1.82, 2.24) is 9.62 Å². The zero-order valence-electron chi connectivity index (χ0n) is 21.0. The minimum Gasteiger partial charge on any atom is -0.372 e. The van der Waals surface area contributed by atoms with Gasteiger partial charge in [0.2, 0.25) is 10.0 Å². The number of carbonyl (C=O) groups excluding carboxylic acids is 1. The summed E-state index contributed by atoms with van der Waals surface area (Å²) in [5, 5.41) is 2.61. The Bertz CT molecular complexity index is 957. The maximum absolute atomic E-state index is 12.9. The van der Waals surface area contributed by atoms with E-state index < -0.39 is 15.3 Å². The molecule has 0 spiro atoms. The normalized spacial score (nSPS) is 24.9. The predicted octanol–water partition coefficient (Wildman–Crippen LogP) is 3.63. The smallest absolute Gasteiger partial charge is 0.321 e. The summed E-state index contributed by atoms with van der Waals surface area (Å²) in [5.74, 6) is 0. The van der Waals surface area contributed by atoms with Gasteiger partial charge in [0.1, 0.15) is 0 Å². The molecule has 2 aliphatic heterocycles. The molecule has 1 aromatic rings. The topological polar surface area (TPSA) is 91.0 Å². The van der Waals surface area contributed by atoms with Crippen LogP contribution in [0.2, 0.25) is 0 Å². The fourth-order valence-electron chi connectivity index (χ4n) is 4.55. The Kier molecular flexibility index (Phi) is 7.96. The SMILES string of the molecule is Cc1c(NC(=O)N2CCC(NS(=O)(=O)C(C)C)CC2)ccc(N2CC(C)OC(C)C2C)c1C. The molecule has 0 aromatic heterocycles. The molecule has 3 unspecified atom stereocenters. The Morgan fingerprint density at radius 1 is 1.09 bits per heavy atom. The number of hydrogen-bond acceptors (Lipinski definition) is 5. The van der Waals surface area contributed by atoms with Crippen LogP contribution in [0.4, 0.5) is 16.2 Å². The van der Waals surface area contributed by atoms with Gasteiger partial charge in [0.15, 0.2) is 0 Å². The highest BCUT2D eigenvalue weighted by Crippen LogP contribution is 2.33. The molecular formula is C24H40N4O4S. The highest BCUT2D eigenvalue weighted by Gasteiger charge is 2.31. The summed E-state index contributed by atoms with van der Waals surface area (Å²) in [5.41, 5.74) is 4.20. The fraction of sp³-hybridized carbons (Fsp3) is 0.708. The molecule has 8 nitrogen and oxygen atoms in total. The third-order valence-electron chi connectivity index (χ3n) is 7.12. The molecule has 0 saturated carbocycles. The molecular weight excluding hydrogens is 440 g/mol. The van der Waals surface area contributed by atoms with Crippen LogP contribution in [0.25, 0.3) is 0 Å². The predicted molar refractivity (Wildman–Crippen MR) is 134 cm³/mol. The molecule has 2 amide bonds. The summed E-state index contributed by atoms with van der Waals surface area (Å²) in [7, 11) is -3.30. The number of piperidine rings is 1. The number of rotatable bonds is 5. The maximum atomic E-state index is 12.9. The van der Waals surface area contributed by atoms with Gasteiger partial charge >= 0.3 is 6.03 Å². The first-order valence-electron chi connectivity index (χ1n) is 12.0. The van der Waals surface area contributed by atoms with Crippen molar-refractivity contribution < 1.29 is 17.9 Å². The van der Waals surface area contributed by atoms with Crippen LogP contribution in [-0.4, -0.2) is 68.5 Å². The van der Waals surface area contributed by atoms with Crippen LogP contribution < -0.4 is 14.9 Å². The van der Waals surface area contributed by atoms with Gasteiger partial charge in [-0.3, -0.25) is 0 Å². The number of hydrogen-bond donors (Lipinski definition) is 2. The van der Waals surface area contributed by atoms with Crippen molar-refractivity contribution in [1.29, 1.82) is 0 Å². The molecule has 2 N–H and O–H groups in total. The van der Waals surface area contributed by atoms with E-state index in [1.807, 2.05) is 13.0 Å². The van der Waals surface area contributed by atoms with Crippen molar-refractivity contribution in [2.24, 2.45) is 0 Å². The van der Waals surface area contributed by atoms with Gasteiger partial charge < -0.3 is 19.9 Å². The fourth-order valence-corrected chi connectivity index (χ4v) is 5.53. The first kappa shape index (κ1) is 25.8. The van der Waals surface area contributed by atoms with Crippen molar-refractivity contribution in [3.05, 3.63) is 23.3 Å². The molecule has 2 heterocycles. The van der Waals surface area contributed by atoms with Crippen molar-refractivity contribution >= 4 is 27.4 Å². The molecule has 33 heavy (non-hydrogen) atoms. The lowest BCUT2D eigenvalue weighted by Crippen LogP contribution is -2.52. The molecule has 1 aromatic carbocycles.